The number of fused-ring (bicyclic) bond motifs is 1. The van der Waals surface area contributed by atoms with Gasteiger partial charge >= 0.3 is 5.97 Å². The van der Waals surface area contributed by atoms with Crippen LogP contribution in [-0.2, 0) is 11.3 Å². The van der Waals surface area contributed by atoms with Crippen molar-refractivity contribution in [1.82, 2.24) is 15.0 Å². The van der Waals surface area contributed by atoms with E-state index < -0.39 is 5.97 Å². The van der Waals surface area contributed by atoms with Crippen LogP contribution in [0, 0.1) is 0 Å². The minimum atomic E-state index is -0.826. The highest BCUT2D eigenvalue weighted by atomic mass is 35.5. The molecule has 1 aromatic heterocycles. The molecule has 0 saturated heterocycles. The fourth-order valence-electron chi connectivity index (χ4n) is 1.43. The number of carbonyl (C=O) groups is 1. The summed E-state index contributed by atoms with van der Waals surface area (Å²) >= 11 is 11.7. The predicted molar refractivity (Wildman–Crippen MR) is 64.4 cm³/mol. The zero-order chi connectivity index (χ0) is 12.4. The van der Waals surface area contributed by atoms with E-state index in [1.165, 1.54) is 4.80 Å². The largest absolute Gasteiger partial charge is 0.481 e. The monoisotopic (exact) mass is 273 g/mol. The van der Waals surface area contributed by atoms with Crippen LogP contribution in [0.3, 0.4) is 0 Å². The molecule has 2 rings (SSSR count). The van der Waals surface area contributed by atoms with Crippen LogP contribution in [-0.4, -0.2) is 26.1 Å². The van der Waals surface area contributed by atoms with Gasteiger partial charge in [0.1, 0.15) is 11.0 Å². The molecule has 17 heavy (non-hydrogen) atoms. The second-order valence-electron chi connectivity index (χ2n) is 3.55. The molecule has 0 unspecified atom stereocenters. The molecule has 2 aromatic rings. The van der Waals surface area contributed by atoms with Crippen molar-refractivity contribution in [3.05, 3.63) is 22.2 Å². The van der Waals surface area contributed by atoms with E-state index in [9.17, 15) is 4.79 Å². The minimum absolute atomic E-state index is 0.0966. The summed E-state index contributed by atoms with van der Waals surface area (Å²) in [6.45, 7) is 0.455. The molecular weight excluding hydrogens is 265 g/mol. The molecular formula is C10H9Cl2N3O2. The van der Waals surface area contributed by atoms with Crippen molar-refractivity contribution < 1.29 is 9.90 Å². The van der Waals surface area contributed by atoms with Gasteiger partial charge < -0.3 is 5.11 Å². The Morgan fingerprint density at radius 2 is 1.76 bits per heavy atom. The quantitative estimate of drug-likeness (QED) is 0.930. The molecule has 0 spiro atoms. The number of carboxylic acids is 1. The Kier molecular flexibility index (Phi) is 3.49. The van der Waals surface area contributed by atoms with E-state index in [2.05, 4.69) is 10.2 Å². The Balaban J connectivity index is 2.17. The van der Waals surface area contributed by atoms with Crippen molar-refractivity contribution in [2.45, 2.75) is 19.4 Å². The van der Waals surface area contributed by atoms with Gasteiger partial charge in [0.15, 0.2) is 0 Å². The summed E-state index contributed by atoms with van der Waals surface area (Å²) in [4.78, 5) is 11.8. The predicted octanol–water partition coefficient (Wildman–Crippen LogP) is 2.60. The number of aryl methyl sites for hydroxylation is 1. The van der Waals surface area contributed by atoms with Gasteiger partial charge in [-0.15, -0.1) is 0 Å². The maximum Gasteiger partial charge on any atom is 0.303 e. The zero-order valence-electron chi connectivity index (χ0n) is 8.73. The molecule has 1 heterocycles. The van der Waals surface area contributed by atoms with E-state index in [1.54, 1.807) is 12.1 Å². The van der Waals surface area contributed by atoms with Gasteiger partial charge in [0.25, 0.3) is 0 Å². The lowest BCUT2D eigenvalue weighted by Crippen LogP contribution is -2.04. The summed E-state index contributed by atoms with van der Waals surface area (Å²) in [7, 11) is 0. The van der Waals surface area contributed by atoms with Crippen LogP contribution in [0.5, 0.6) is 0 Å². The number of benzene rings is 1. The van der Waals surface area contributed by atoms with Crippen LogP contribution in [0.2, 0.25) is 10.0 Å². The third-order valence-electron chi connectivity index (χ3n) is 2.21. The second-order valence-corrected chi connectivity index (χ2v) is 4.36. The molecule has 90 valence electrons. The number of carboxylic acid groups (broad SMARTS) is 1. The molecule has 0 saturated carbocycles. The topological polar surface area (TPSA) is 68.0 Å². The van der Waals surface area contributed by atoms with Gasteiger partial charge in [0, 0.05) is 6.42 Å². The van der Waals surface area contributed by atoms with Crippen LogP contribution >= 0.6 is 23.2 Å². The highest BCUT2D eigenvalue weighted by Crippen LogP contribution is 2.25. The van der Waals surface area contributed by atoms with E-state index in [-0.39, 0.29) is 6.42 Å². The summed E-state index contributed by atoms with van der Waals surface area (Å²) in [5.41, 5.74) is 1.30. The molecule has 0 aliphatic rings. The van der Waals surface area contributed by atoms with Gasteiger partial charge in [0.05, 0.1) is 16.6 Å². The average molecular weight is 274 g/mol. The normalized spacial score (nSPS) is 10.9. The van der Waals surface area contributed by atoms with Crippen LogP contribution < -0.4 is 0 Å². The fourth-order valence-corrected chi connectivity index (χ4v) is 1.74. The molecule has 1 N–H and O–H groups in total. The molecule has 7 heteroatoms. The Bertz CT molecular complexity index is 529. The van der Waals surface area contributed by atoms with E-state index in [4.69, 9.17) is 28.3 Å². The van der Waals surface area contributed by atoms with E-state index in [0.717, 1.165) is 0 Å². The molecule has 5 nitrogen and oxygen atoms in total. The van der Waals surface area contributed by atoms with Gasteiger partial charge in [-0.05, 0) is 18.6 Å². The molecule has 0 aliphatic heterocycles. The van der Waals surface area contributed by atoms with Crippen molar-refractivity contribution in [3.8, 4) is 0 Å². The standard InChI is InChI=1S/C10H9Cl2N3O2/c11-6-4-8-9(5-7(6)12)14-15(13-8)3-1-2-10(16)17/h4-5H,1-3H2,(H,16,17). The molecule has 0 atom stereocenters. The van der Waals surface area contributed by atoms with E-state index in [0.29, 0.717) is 34.0 Å². The van der Waals surface area contributed by atoms with Gasteiger partial charge in [-0.25, -0.2) is 0 Å². The van der Waals surface area contributed by atoms with Crippen molar-refractivity contribution in [1.29, 1.82) is 0 Å². The summed E-state index contributed by atoms with van der Waals surface area (Å²) in [5.74, 6) is -0.826. The van der Waals surface area contributed by atoms with Crippen LogP contribution in [0.4, 0.5) is 0 Å². The highest BCUT2D eigenvalue weighted by molar-refractivity contribution is 6.42. The first-order valence-corrected chi connectivity index (χ1v) is 5.73. The Morgan fingerprint density at radius 3 is 2.24 bits per heavy atom. The Morgan fingerprint density at radius 1 is 1.24 bits per heavy atom. The van der Waals surface area contributed by atoms with E-state index >= 15 is 0 Å². The third kappa shape index (κ3) is 2.87. The lowest BCUT2D eigenvalue weighted by molar-refractivity contribution is -0.137. The Labute approximate surface area is 107 Å². The molecule has 0 radical (unpaired) electrons. The zero-order valence-corrected chi connectivity index (χ0v) is 10.2. The molecule has 0 fully saturated rings. The molecule has 0 amide bonds. The van der Waals surface area contributed by atoms with Crippen molar-refractivity contribution in [3.63, 3.8) is 0 Å². The highest BCUT2D eigenvalue weighted by Gasteiger charge is 2.07. The minimum Gasteiger partial charge on any atom is -0.481 e. The number of rotatable bonds is 4. The van der Waals surface area contributed by atoms with Crippen molar-refractivity contribution in [2.24, 2.45) is 0 Å². The second kappa shape index (κ2) is 4.89. The van der Waals surface area contributed by atoms with Crippen LogP contribution in [0.25, 0.3) is 11.0 Å². The maximum absolute atomic E-state index is 10.4. The molecule has 1 aromatic carbocycles. The fraction of sp³-hybridized carbons (Fsp3) is 0.300. The first-order valence-electron chi connectivity index (χ1n) is 4.98. The van der Waals surface area contributed by atoms with Gasteiger partial charge in [-0.1, -0.05) is 23.2 Å². The van der Waals surface area contributed by atoms with Crippen LogP contribution in [0.15, 0.2) is 12.1 Å². The number of halogens is 2. The number of aromatic nitrogens is 3. The summed E-state index contributed by atoms with van der Waals surface area (Å²) < 4.78 is 0. The number of hydrogen-bond acceptors (Lipinski definition) is 3. The lowest BCUT2D eigenvalue weighted by Gasteiger charge is -1.95. The Hall–Kier alpha value is -1.33. The number of nitrogens with zero attached hydrogens (tertiary/aromatic N) is 3. The third-order valence-corrected chi connectivity index (χ3v) is 2.93. The summed E-state index contributed by atoms with van der Waals surface area (Å²) in [5, 5.41) is 17.7. The van der Waals surface area contributed by atoms with Gasteiger partial charge in [0.2, 0.25) is 0 Å². The molecule has 0 bridgehead atoms. The first kappa shape index (κ1) is 12.1. The van der Waals surface area contributed by atoms with E-state index in [1.807, 2.05) is 0 Å². The first-order chi connectivity index (χ1) is 8.06. The van der Waals surface area contributed by atoms with Gasteiger partial charge in [-0.2, -0.15) is 15.0 Å². The average Bonchev–Trinajstić information content (AvgIpc) is 2.60. The smallest absolute Gasteiger partial charge is 0.303 e. The molecule has 0 aliphatic carbocycles. The van der Waals surface area contributed by atoms with Crippen molar-refractivity contribution >= 4 is 40.2 Å². The lowest BCUT2D eigenvalue weighted by atomic mass is 10.3. The summed E-state index contributed by atoms with van der Waals surface area (Å²) in [6.07, 6.45) is 0.581. The SMILES string of the molecule is O=C(O)CCCn1nc2cc(Cl)c(Cl)cc2n1. The summed E-state index contributed by atoms with van der Waals surface area (Å²) in [6, 6.07) is 3.28. The number of aliphatic carboxylic acids is 1. The van der Waals surface area contributed by atoms with Gasteiger partial charge in [-0.3, -0.25) is 4.79 Å². The van der Waals surface area contributed by atoms with Crippen LogP contribution in [0.1, 0.15) is 12.8 Å². The number of hydrogen-bond donors (Lipinski definition) is 1. The maximum atomic E-state index is 10.4. The van der Waals surface area contributed by atoms with Crippen molar-refractivity contribution in [2.75, 3.05) is 0 Å².